The second-order valence-corrected chi connectivity index (χ2v) is 7.04. The van der Waals surface area contributed by atoms with Crippen LogP contribution in [-0.2, 0) is 11.2 Å². The van der Waals surface area contributed by atoms with Gasteiger partial charge in [-0.05, 0) is 24.1 Å². The Morgan fingerprint density at radius 1 is 1.19 bits per heavy atom. The Morgan fingerprint density at radius 2 is 1.92 bits per heavy atom. The van der Waals surface area contributed by atoms with Gasteiger partial charge in [0.1, 0.15) is 5.82 Å². The maximum absolute atomic E-state index is 12.7. The average molecular weight is 417 g/mol. The Labute approximate surface area is 155 Å². The summed E-state index contributed by atoms with van der Waals surface area (Å²) in [5.74, 6) is -1.59. The Bertz CT molecular complexity index is 1090. The smallest absolute Gasteiger partial charge is 0.262 e. The lowest BCUT2D eigenvalue weighted by Gasteiger charge is -2.21. The molecule has 2 aliphatic rings. The van der Waals surface area contributed by atoms with Crippen molar-refractivity contribution in [3.05, 3.63) is 49.7 Å². The van der Waals surface area contributed by atoms with E-state index in [9.17, 15) is 19.2 Å². The molecular weight excluding hydrogens is 404 g/mol. The van der Waals surface area contributed by atoms with E-state index in [4.69, 9.17) is 5.73 Å². The van der Waals surface area contributed by atoms with Gasteiger partial charge in [0.2, 0.25) is 5.91 Å². The first-order chi connectivity index (χ1) is 12.3. The van der Waals surface area contributed by atoms with Crippen LogP contribution in [0.1, 0.15) is 33.2 Å². The minimum absolute atomic E-state index is 0.0318. The number of halogens is 1. The maximum atomic E-state index is 12.7. The van der Waals surface area contributed by atoms with Crippen molar-refractivity contribution in [1.29, 1.82) is 0 Å². The van der Waals surface area contributed by atoms with E-state index in [0.29, 0.717) is 28.8 Å². The number of aromatic nitrogens is 1. The number of nitrogens with one attached hydrogen (secondary N) is 1. The molecule has 0 atom stereocenters. The van der Waals surface area contributed by atoms with Crippen molar-refractivity contribution in [3.63, 3.8) is 0 Å². The summed E-state index contributed by atoms with van der Waals surface area (Å²) >= 11 is 3.41. The van der Waals surface area contributed by atoms with E-state index in [-0.39, 0.29) is 22.9 Å². The normalized spacial score (nSPS) is 15.1. The van der Waals surface area contributed by atoms with E-state index in [2.05, 4.69) is 21.2 Å². The molecule has 1 aromatic heterocycles. The van der Waals surface area contributed by atoms with Crippen molar-refractivity contribution in [1.82, 2.24) is 9.88 Å². The number of hydrogen-bond donors (Lipinski definition) is 2. The standard InChI is InChI=1S/C17H13BrN4O4/c1-7(23)21-3-2-8-4-9(18)5-11(14(8)21)22-12(24)6-10-13(15(22)19)17(26)20-16(10)25/h4-6H,2-3,19H2,1H3,(H,20,25,26). The molecule has 0 radical (unpaired) electrons. The number of nitrogen functional groups attached to an aromatic ring is 1. The van der Waals surface area contributed by atoms with Gasteiger partial charge in [0.05, 0.1) is 22.5 Å². The highest BCUT2D eigenvalue weighted by Crippen LogP contribution is 2.38. The summed E-state index contributed by atoms with van der Waals surface area (Å²) in [4.78, 5) is 50.2. The van der Waals surface area contributed by atoms with Crippen LogP contribution in [0.3, 0.4) is 0 Å². The number of imide groups is 1. The predicted molar refractivity (Wildman–Crippen MR) is 97.7 cm³/mol. The first-order valence-corrected chi connectivity index (χ1v) is 8.61. The third-order valence-corrected chi connectivity index (χ3v) is 5.04. The van der Waals surface area contributed by atoms with Crippen molar-refractivity contribution in [2.75, 3.05) is 17.2 Å². The highest BCUT2D eigenvalue weighted by atomic mass is 79.9. The summed E-state index contributed by atoms with van der Waals surface area (Å²) in [6.07, 6.45) is 0.639. The van der Waals surface area contributed by atoms with Gasteiger partial charge in [0.25, 0.3) is 17.4 Å². The molecular formula is C17H13BrN4O4. The van der Waals surface area contributed by atoms with E-state index in [0.717, 1.165) is 11.6 Å². The maximum Gasteiger partial charge on any atom is 0.262 e. The van der Waals surface area contributed by atoms with Crippen LogP contribution in [0.4, 0.5) is 11.5 Å². The van der Waals surface area contributed by atoms with Gasteiger partial charge in [0.15, 0.2) is 0 Å². The molecule has 0 saturated heterocycles. The Kier molecular flexibility index (Phi) is 3.52. The van der Waals surface area contributed by atoms with Crippen LogP contribution < -0.4 is 21.5 Å². The first kappa shape index (κ1) is 16.5. The fourth-order valence-electron chi connectivity index (χ4n) is 3.50. The minimum Gasteiger partial charge on any atom is -0.384 e. The predicted octanol–water partition coefficient (Wildman–Crippen LogP) is 0.975. The average Bonchev–Trinajstić information content (AvgIpc) is 3.08. The van der Waals surface area contributed by atoms with Gasteiger partial charge >= 0.3 is 0 Å². The SMILES string of the molecule is CC(=O)N1CCc2cc(Br)cc(-n3c(N)c4c(cc3=O)C(=O)NC4=O)c21. The molecule has 9 heteroatoms. The molecule has 0 fully saturated rings. The number of carbonyl (C=O) groups excluding carboxylic acids is 3. The molecule has 0 aliphatic carbocycles. The van der Waals surface area contributed by atoms with E-state index in [1.807, 2.05) is 6.07 Å². The molecule has 2 aromatic rings. The molecule has 1 aromatic carbocycles. The van der Waals surface area contributed by atoms with Crippen molar-refractivity contribution < 1.29 is 14.4 Å². The van der Waals surface area contributed by atoms with Crippen molar-refractivity contribution in [3.8, 4) is 5.69 Å². The molecule has 3 heterocycles. The number of fused-ring (bicyclic) bond motifs is 2. The molecule has 3 N–H and O–H groups in total. The number of pyridine rings is 1. The number of rotatable bonds is 1. The number of carbonyl (C=O) groups is 3. The van der Waals surface area contributed by atoms with Gasteiger partial charge in [-0.1, -0.05) is 15.9 Å². The molecule has 0 spiro atoms. The van der Waals surface area contributed by atoms with E-state index < -0.39 is 17.4 Å². The van der Waals surface area contributed by atoms with Crippen LogP contribution >= 0.6 is 15.9 Å². The van der Waals surface area contributed by atoms with Gasteiger partial charge in [-0.3, -0.25) is 29.1 Å². The molecule has 0 saturated carbocycles. The zero-order valence-corrected chi connectivity index (χ0v) is 15.2. The summed E-state index contributed by atoms with van der Waals surface area (Å²) in [5.41, 5.74) is 7.35. The largest absolute Gasteiger partial charge is 0.384 e. The van der Waals surface area contributed by atoms with Crippen LogP contribution in [-0.4, -0.2) is 28.8 Å². The lowest BCUT2D eigenvalue weighted by molar-refractivity contribution is -0.116. The number of hydrogen-bond acceptors (Lipinski definition) is 5. The molecule has 26 heavy (non-hydrogen) atoms. The summed E-state index contributed by atoms with van der Waals surface area (Å²) < 4.78 is 1.88. The van der Waals surface area contributed by atoms with Gasteiger partial charge < -0.3 is 10.6 Å². The third-order valence-electron chi connectivity index (χ3n) is 4.58. The first-order valence-electron chi connectivity index (χ1n) is 7.81. The minimum atomic E-state index is -0.647. The molecule has 8 nitrogen and oxygen atoms in total. The second kappa shape index (κ2) is 5.53. The molecule has 4 rings (SSSR count). The van der Waals surface area contributed by atoms with Crippen LogP contribution in [0.5, 0.6) is 0 Å². The third kappa shape index (κ3) is 2.20. The zero-order chi connectivity index (χ0) is 18.7. The Morgan fingerprint density at radius 3 is 2.62 bits per heavy atom. The van der Waals surface area contributed by atoms with E-state index in [1.165, 1.54) is 11.5 Å². The quantitative estimate of drug-likeness (QED) is 0.672. The van der Waals surface area contributed by atoms with E-state index in [1.54, 1.807) is 11.0 Å². The van der Waals surface area contributed by atoms with E-state index >= 15 is 0 Å². The monoisotopic (exact) mass is 416 g/mol. The van der Waals surface area contributed by atoms with Crippen molar-refractivity contribution in [2.45, 2.75) is 13.3 Å². The number of amides is 3. The van der Waals surface area contributed by atoms with Crippen LogP contribution in [0.25, 0.3) is 5.69 Å². The van der Waals surface area contributed by atoms with Crippen LogP contribution in [0.2, 0.25) is 0 Å². The lowest BCUT2D eigenvalue weighted by Crippen LogP contribution is -2.29. The summed E-state index contributed by atoms with van der Waals surface area (Å²) in [6, 6.07) is 4.64. The highest BCUT2D eigenvalue weighted by molar-refractivity contribution is 9.10. The summed E-state index contributed by atoms with van der Waals surface area (Å²) in [6.45, 7) is 1.94. The van der Waals surface area contributed by atoms with Crippen LogP contribution in [0, 0.1) is 0 Å². The van der Waals surface area contributed by atoms with Gasteiger partial charge in [0, 0.05) is 24.0 Å². The Balaban J connectivity index is 2.06. The molecule has 3 amide bonds. The molecule has 132 valence electrons. The van der Waals surface area contributed by atoms with Crippen LogP contribution in [0.15, 0.2) is 27.5 Å². The number of nitrogens with zero attached hydrogens (tertiary/aromatic N) is 2. The van der Waals surface area contributed by atoms with Gasteiger partial charge in [-0.25, -0.2) is 0 Å². The number of benzene rings is 1. The summed E-state index contributed by atoms with van der Waals surface area (Å²) in [7, 11) is 0. The second-order valence-electron chi connectivity index (χ2n) is 6.13. The topological polar surface area (TPSA) is 114 Å². The summed E-state index contributed by atoms with van der Waals surface area (Å²) in [5, 5.41) is 2.14. The Hall–Kier alpha value is -2.94. The lowest BCUT2D eigenvalue weighted by atomic mass is 10.1. The number of nitrogens with two attached hydrogens (primary N) is 1. The molecule has 0 unspecified atom stereocenters. The van der Waals surface area contributed by atoms with Crippen molar-refractivity contribution >= 4 is 45.2 Å². The van der Waals surface area contributed by atoms with Crippen molar-refractivity contribution in [2.24, 2.45) is 0 Å². The molecule has 0 bridgehead atoms. The zero-order valence-electron chi connectivity index (χ0n) is 13.6. The molecule has 2 aliphatic heterocycles. The van der Waals surface area contributed by atoms with Gasteiger partial charge in [-0.15, -0.1) is 0 Å². The fraction of sp³-hybridized carbons (Fsp3) is 0.176. The fourth-order valence-corrected chi connectivity index (χ4v) is 3.99. The highest BCUT2D eigenvalue weighted by Gasteiger charge is 2.34. The number of anilines is 2. The van der Waals surface area contributed by atoms with Gasteiger partial charge in [-0.2, -0.15) is 0 Å².